The van der Waals surface area contributed by atoms with Gasteiger partial charge in [-0.25, -0.2) is 13.1 Å². The van der Waals surface area contributed by atoms with Gasteiger partial charge in [0.1, 0.15) is 4.90 Å². The van der Waals surface area contributed by atoms with Crippen LogP contribution in [-0.2, 0) is 21.3 Å². The summed E-state index contributed by atoms with van der Waals surface area (Å²) >= 11 is 0. The molecular weight excluding hydrogens is 292 g/mol. The molecule has 0 bridgehead atoms. The van der Waals surface area contributed by atoms with Gasteiger partial charge in [0, 0.05) is 32.4 Å². The number of hydrogen-bond donors (Lipinski definition) is 2. The fourth-order valence-electron chi connectivity index (χ4n) is 1.63. The predicted molar refractivity (Wildman–Crippen MR) is 81.6 cm³/mol. The van der Waals surface area contributed by atoms with E-state index >= 15 is 0 Å². The minimum absolute atomic E-state index is 0.170. The van der Waals surface area contributed by atoms with Crippen molar-refractivity contribution in [1.82, 2.24) is 19.8 Å². The van der Waals surface area contributed by atoms with E-state index in [-0.39, 0.29) is 17.5 Å². The van der Waals surface area contributed by atoms with E-state index in [0.29, 0.717) is 12.6 Å². The zero-order chi connectivity index (χ0) is 15.9. The van der Waals surface area contributed by atoms with Crippen molar-refractivity contribution in [2.45, 2.75) is 50.8 Å². The van der Waals surface area contributed by atoms with Crippen molar-refractivity contribution in [3.8, 4) is 0 Å². The maximum atomic E-state index is 12.1. The summed E-state index contributed by atoms with van der Waals surface area (Å²) in [6.07, 6.45) is 3.65. The minimum Gasteiger partial charge on any atom is -0.380 e. The van der Waals surface area contributed by atoms with Crippen LogP contribution in [0.4, 0.5) is 0 Å². The average Bonchev–Trinajstić information content (AvgIpc) is 2.90. The van der Waals surface area contributed by atoms with E-state index in [9.17, 15) is 8.42 Å². The molecule has 0 aromatic carbocycles. The first-order chi connectivity index (χ1) is 9.85. The highest BCUT2D eigenvalue weighted by Crippen LogP contribution is 2.07. The second kappa shape index (κ2) is 8.47. The van der Waals surface area contributed by atoms with Crippen LogP contribution in [-0.4, -0.2) is 50.5 Å². The lowest BCUT2D eigenvalue weighted by Crippen LogP contribution is -2.31. The maximum absolute atomic E-state index is 12.1. The number of sulfonamides is 1. The highest BCUT2D eigenvalue weighted by molar-refractivity contribution is 7.89. The Morgan fingerprint density at radius 2 is 2.10 bits per heavy atom. The lowest BCUT2D eigenvalue weighted by molar-refractivity contribution is 0.122. The molecule has 0 fully saturated rings. The predicted octanol–water partition coefficient (Wildman–Crippen LogP) is 0.584. The maximum Gasteiger partial charge on any atom is 0.243 e. The minimum atomic E-state index is -3.52. The summed E-state index contributed by atoms with van der Waals surface area (Å²) in [4.78, 5) is 0.183. The molecular formula is C13H26N4O3S. The lowest BCUT2D eigenvalue weighted by Gasteiger charge is -2.10. The van der Waals surface area contributed by atoms with Crippen molar-refractivity contribution in [1.29, 1.82) is 0 Å². The van der Waals surface area contributed by atoms with Crippen molar-refractivity contribution in [3.05, 3.63) is 12.4 Å². The van der Waals surface area contributed by atoms with E-state index < -0.39 is 10.0 Å². The molecule has 1 atom stereocenters. The molecule has 8 heteroatoms. The molecule has 0 amide bonds. The van der Waals surface area contributed by atoms with E-state index in [0.717, 1.165) is 13.0 Å². The van der Waals surface area contributed by atoms with Crippen LogP contribution in [0.5, 0.6) is 0 Å². The molecule has 0 spiro atoms. The van der Waals surface area contributed by atoms with Crippen LogP contribution in [0, 0.1) is 0 Å². The van der Waals surface area contributed by atoms with Gasteiger partial charge in [-0.3, -0.25) is 4.68 Å². The summed E-state index contributed by atoms with van der Waals surface area (Å²) in [6, 6.07) is 0.450. The third kappa shape index (κ3) is 6.56. The fourth-order valence-corrected chi connectivity index (χ4v) is 2.70. The monoisotopic (exact) mass is 318 g/mol. The molecule has 1 unspecified atom stereocenters. The molecule has 1 heterocycles. The van der Waals surface area contributed by atoms with E-state index in [1.807, 2.05) is 0 Å². The number of hydrogen-bond acceptors (Lipinski definition) is 5. The van der Waals surface area contributed by atoms with Crippen molar-refractivity contribution < 1.29 is 13.2 Å². The molecule has 0 aliphatic carbocycles. The summed E-state index contributed by atoms with van der Waals surface area (Å²) < 4.78 is 33.3. The number of nitrogens with zero attached hydrogens (tertiary/aromatic N) is 2. The van der Waals surface area contributed by atoms with E-state index in [2.05, 4.69) is 29.0 Å². The number of nitrogens with one attached hydrogen (secondary N) is 2. The van der Waals surface area contributed by atoms with Crippen LogP contribution in [0.25, 0.3) is 0 Å². The highest BCUT2D eigenvalue weighted by Gasteiger charge is 2.17. The zero-order valence-corrected chi connectivity index (χ0v) is 14.0. The first-order valence-corrected chi connectivity index (χ1v) is 8.61. The zero-order valence-electron chi connectivity index (χ0n) is 13.2. The van der Waals surface area contributed by atoms with E-state index in [1.54, 1.807) is 24.9 Å². The summed E-state index contributed by atoms with van der Waals surface area (Å²) in [5.74, 6) is 0. The summed E-state index contributed by atoms with van der Waals surface area (Å²) in [5, 5.41) is 7.39. The Kier molecular flexibility index (Phi) is 7.30. The molecule has 7 nitrogen and oxygen atoms in total. The molecule has 2 N–H and O–H groups in total. The van der Waals surface area contributed by atoms with Gasteiger partial charge in [-0.05, 0) is 19.9 Å². The van der Waals surface area contributed by atoms with Gasteiger partial charge in [-0.15, -0.1) is 0 Å². The Bertz CT molecular complexity index is 513. The standard InChI is InChI=1S/C13H26N4O3S/c1-11(2)14-6-5-7-17-10-13(9-15-17)21(18,19)16-8-12(3)20-4/h9-12,14,16H,5-8H2,1-4H3. The topological polar surface area (TPSA) is 85.2 Å². The van der Waals surface area contributed by atoms with Crippen molar-refractivity contribution in [2.24, 2.45) is 0 Å². The van der Waals surface area contributed by atoms with Crippen molar-refractivity contribution in [2.75, 3.05) is 20.2 Å². The van der Waals surface area contributed by atoms with E-state index in [4.69, 9.17) is 4.74 Å². The lowest BCUT2D eigenvalue weighted by atomic mass is 10.3. The molecule has 0 saturated carbocycles. The normalized spacial score (nSPS) is 13.8. The smallest absolute Gasteiger partial charge is 0.243 e. The van der Waals surface area contributed by atoms with Gasteiger partial charge in [-0.1, -0.05) is 13.8 Å². The molecule has 122 valence electrons. The number of methoxy groups -OCH3 is 1. The van der Waals surface area contributed by atoms with Gasteiger partial charge in [0.05, 0.1) is 12.3 Å². The van der Waals surface area contributed by atoms with Crippen LogP contribution in [0.3, 0.4) is 0 Å². The highest BCUT2D eigenvalue weighted by atomic mass is 32.2. The van der Waals surface area contributed by atoms with Crippen molar-refractivity contribution >= 4 is 10.0 Å². The number of aryl methyl sites for hydroxylation is 1. The molecule has 1 aromatic rings. The number of ether oxygens (including phenoxy) is 1. The molecule has 0 aliphatic rings. The van der Waals surface area contributed by atoms with Gasteiger partial charge < -0.3 is 10.1 Å². The quantitative estimate of drug-likeness (QED) is 0.617. The molecule has 0 radical (unpaired) electrons. The van der Waals surface area contributed by atoms with Gasteiger partial charge in [0.25, 0.3) is 0 Å². The second-order valence-electron chi connectivity index (χ2n) is 5.30. The molecule has 0 saturated heterocycles. The fraction of sp³-hybridized carbons (Fsp3) is 0.769. The Hall–Kier alpha value is -0.960. The summed E-state index contributed by atoms with van der Waals surface area (Å²) in [7, 11) is -1.97. The van der Waals surface area contributed by atoms with Crippen LogP contribution >= 0.6 is 0 Å². The summed E-state index contributed by atoms with van der Waals surface area (Å²) in [5.41, 5.74) is 0. The second-order valence-corrected chi connectivity index (χ2v) is 7.07. The molecule has 0 aliphatic heterocycles. The van der Waals surface area contributed by atoms with Gasteiger partial charge in [0.2, 0.25) is 10.0 Å². The molecule has 1 rings (SSSR count). The van der Waals surface area contributed by atoms with Gasteiger partial charge in [-0.2, -0.15) is 5.10 Å². The van der Waals surface area contributed by atoms with Crippen LogP contribution in [0.15, 0.2) is 17.3 Å². The Morgan fingerprint density at radius 3 is 2.71 bits per heavy atom. The van der Waals surface area contributed by atoms with Crippen molar-refractivity contribution in [3.63, 3.8) is 0 Å². The first-order valence-electron chi connectivity index (χ1n) is 7.13. The Morgan fingerprint density at radius 1 is 1.38 bits per heavy atom. The Balaban J connectivity index is 2.49. The first kappa shape index (κ1) is 18.1. The Labute approximate surface area is 127 Å². The molecule has 21 heavy (non-hydrogen) atoms. The summed E-state index contributed by atoms with van der Waals surface area (Å²) in [6.45, 7) is 7.78. The van der Waals surface area contributed by atoms with Gasteiger partial charge >= 0.3 is 0 Å². The average molecular weight is 318 g/mol. The van der Waals surface area contributed by atoms with Gasteiger partial charge in [0.15, 0.2) is 0 Å². The largest absolute Gasteiger partial charge is 0.380 e. The molecule has 1 aromatic heterocycles. The van der Waals surface area contributed by atoms with Crippen LogP contribution in [0.2, 0.25) is 0 Å². The van der Waals surface area contributed by atoms with Crippen LogP contribution < -0.4 is 10.0 Å². The van der Waals surface area contributed by atoms with Crippen LogP contribution in [0.1, 0.15) is 27.2 Å². The third-order valence-corrected chi connectivity index (χ3v) is 4.38. The SMILES string of the molecule is COC(C)CNS(=O)(=O)c1cnn(CCCNC(C)C)c1. The number of aromatic nitrogens is 2. The number of rotatable bonds is 10. The van der Waals surface area contributed by atoms with E-state index in [1.165, 1.54) is 6.20 Å². The third-order valence-electron chi connectivity index (χ3n) is 3.00.